The van der Waals surface area contributed by atoms with E-state index in [0.29, 0.717) is 11.3 Å². The molecule has 0 unspecified atom stereocenters. The summed E-state index contributed by atoms with van der Waals surface area (Å²) >= 11 is 0. The van der Waals surface area contributed by atoms with Crippen LogP contribution in [0.2, 0.25) is 0 Å². The number of ether oxygens (including phenoxy) is 1. The van der Waals surface area contributed by atoms with E-state index in [1.807, 2.05) is 67.6 Å². The molecule has 0 aromatic heterocycles. The summed E-state index contributed by atoms with van der Waals surface area (Å²) in [5.41, 5.74) is 3.67. The van der Waals surface area contributed by atoms with Crippen LogP contribution in [0.3, 0.4) is 0 Å². The third-order valence-electron chi connectivity index (χ3n) is 3.19. The molecule has 1 heterocycles. The molecule has 20 heavy (non-hydrogen) atoms. The monoisotopic (exact) mass is 262 g/mol. The minimum absolute atomic E-state index is 0.295. The van der Waals surface area contributed by atoms with Crippen LogP contribution in [0, 0.1) is 6.92 Å². The van der Waals surface area contributed by atoms with Crippen molar-refractivity contribution in [2.75, 3.05) is 0 Å². The summed E-state index contributed by atoms with van der Waals surface area (Å²) < 4.78 is 5.29. The fourth-order valence-corrected chi connectivity index (χ4v) is 2.11. The molecule has 2 nitrogen and oxygen atoms in total. The Morgan fingerprint density at radius 2 is 1.65 bits per heavy atom. The largest absolute Gasteiger partial charge is 0.423 e. The number of carbonyl (C=O) groups is 1. The zero-order valence-corrected chi connectivity index (χ0v) is 11.2. The summed E-state index contributed by atoms with van der Waals surface area (Å²) in [4.78, 5) is 11.9. The van der Waals surface area contributed by atoms with Crippen molar-refractivity contribution >= 4 is 17.6 Å². The summed E-state index contributed by atoms with van der Waals surface area (Å²) in [6.45, 7) is 2.02. The van der Waals surface area contributed by atoms with Crippen LogP contribution >= 0.6 is 0 Å². The summed E-state index contributed by atoms with van der Waals surface area (Å²) in [5, 5.41) is 0. The SMILES string of the molecule is Cc1ccc(C2=C/C(=C/c3ccccc3)OC2=O)cc1. The number of hydrogen-bond donors (Lipinski definition) is 0. The van der Waals surface area contributed by atoms with Gasteiger partial charge in [0.25, 0.3) is 0 Å². The van der Waals surface area contributed by atoms with Gasteiger partial charge in [0.05, 0.1) is 5.57 Å². The minimum atomic E-state index is -0.295. The number of benzene rings is 2. The first kappa shape index (κ1) is 12.4. The molecule has 0 spiro atoms. The maximum absolute atomic E-state index is 11.9. The van der Waals surface area contributed by atoms with Crippen LogP contribution < -0.4 is 0 Å². The predicted molar refractivity (Wildman–Crippen MR) is 79.7 cm³/mol. The van der Waals surface area contributed by atoms with Crippen LogP contribution in [-0.2, 0) is 9.53 Å². The van der Waals surface area contributed by atoms with E-state index in [0.717, 1.165) is 11.1 Å². The van der Waals surface area contributed by atoms with E-state index in [1.54, 1.807) is 6.08 Å². The molecule has 0 N–H and O–H groups in total. The third kappa shape index (κ3) is 2.54. The summed E-state index contributed by atoms with van der Waals surface area (Å²) in [5.74, 6) is 0.285. The van der Waals surface area contributed by atoms with Crippen molar-refractivity contribution in [1.29, 1.82) is 0 Å². The van der Waals surface area contributed by atoms with Gasteiger partial charge in [-0.3, -0.25) is 0 Å². The zero-order valence-electron chi connectivity index (χ0n) is 11.2. The molecule has 0 saturated carbocycles. The lowest BCUT2D eigenvalue weighted by molar-refractivity contribution is -0.131. The Morgan fingerprint density at radius 1 is 0.950 bits per heavy atom. The third-order valence-corrected chi connectivity index (χ3v) is 3.19. The second-order valence-electron chi connectivity index (χ2n) is 4.77. The number of carbonyl (C=O) groups excluding carboxylic acids is 1. The van der Waals surface area contributed by atoms with Gasteiger partial charge in [0, 0.05) is 0 Å². The van der Waals surface area contributed by atoms with Gasteiger partial charge in [-0.25, -0.2) is 4.79 Å². The molecule has 0 atom stereocenters. The van der Waals surface area contributed by atoms with Crippen LogP contribution in [0.25, 0.3) is 11.6 Å². The average molecular weight is 262 g/mol. The number of aryl methyl sites for hydroxylation is 1. The van der Waals surface area contributed by atoms with Crippen molar-refractivity contribution in [3.05, 3.63) is 83.1 Å². The summed E-state index contributed by atoms with van der Waals surface area (Å²) in [7, 11) is 0. The molecule has 0 radical (unpaired) electrons. The Morgan fingerprint density at radius 3 is 2.35 bits per heavy atom. The Kier molecular flexibility index (Phi) is 3.21. The van der Waals surface area contributed by atoms with Crippen LogP contribution in [-0.4, -0.2) is 5.97 Å². The normalized spacial score (nSPS) is 16.1. The van der Waals surface area contributed by atoms with Gasteiger partial charge in [0.1, 0.15) is 5.76 Å². The minimum Gasteiger partial charge on any atom is -0.423 e. The van der Waals surface area contributed by atoms with Crippen LogP contribution in [0.15, 0.2) is 66.4 Å². The summed E-state index contributed by atoms with van der Waals surface area (Å²) in [6.07, 6.45) is 3.65. The van der Waals surface area contributed by atoms with Crippen molar-refractivity contribution in [3.63, 3.8) is 0 Å². The molecule has 0 bridgehead atoms. The first-order valence-electron chi connectivity index (χ1n) is 6.50. The predicted octanol–water partition coefficient (Wildman–Crippen LogP) is 3.98. The first-order valence-corrected chi connectivity index (χ1v) is 6.50. The molecule has 0 fully saturated rings. The van der Waals surface area contributed by atoms with E-state index in [4.69, 9.17) is 4.74 Å². The average Bonchev–Trinajstić information content (AvgIpc) is 2.81. The molecule has 1 aliphatic heterocycles. The smallest absolute Gasteiger partial charge is 0.344 e. The molecule has 2 heteroatoms. The van der Waals surface area contributed by atoms with E-state index in [1.165, 1.54) is 5.56 Å². The van der Waals surface area contributed by atoms with Crippen molar-refractivity contribution in [2.45, 2.75) is 6.92 Å². The molecular formula is C18H14O2. The first-order chi connectivity index (χ1) is 9.72. The maximum atomic E-state index is 11.9. The lowest BCUT2D eigenvalue weighted by Crippen LogP contribution is -1.98. The van der Waals surface area contributed by atoms with Gasteiger partial charge < -0.3 is 4.74 Å². The number of cyclic esters (lactones) is 1. The highest BCUT2D eigenvalue weighted by atomic mass is 16.5. The molecule has 1 aliphatic rings. The summed E-state index contributed by atoms with van der Waals surface area (Å²) in [6, 6.07) is 17.7. The highest BCUT2D eigenvalue weighted by Crippen LogP contribution is 2.27. The van der Waals surface area contributed by atoms with E-state index in [2.05, 4.69) is 0 Å². The fourth-order valence-electron chi connectivity index (χ4n) is 2.11. The number of rotatable bonds is 2. The van der Waals surface area contributed by atoms with Crippen molar-refractivity contribution in [3.8, 4) is 0 Å². The standard InChI is InChI=1S/C18H14O2/c1-13-7-9-15(10-8-13)17-12-16(20-18(17)19)11-14-5-3-2-4-6-14/h2-12H,1H3/b16-11-. The van der Waals surface area contributed by atoms with Crippen LogP contribution in [0.1, 0.15) is 16.7 Å². The van der Waals surface area contributed by atoms with E-state index < -0.39 is 0 Å². The highest BCUT2D eigenvalue weighted by Gasteiger charge is 2.22. The molecule has 0 amide bonds. The highest BCUT2D eigenvalue weighted by molar-refractivity contribution is 6.19. The maximum Gasteiger partial charge on any atom is 0.344 e. The second kappa shape index (κ2) is 5.17. The van der Waals surface area contributed by atoms with Crippen molar-refractivity contribution in [1.82, 2.24) is 0 Å². The van der Waals surface area contributed by atoms with Crippen molar-refractivity contribution in [2.24, 2.45) is 0 Å². The molecule has 0 aliphatic carbocycles. The van der Waals surface area contributed by atoms with Gasteiger partial charge in [-0.15, -0.1) is 0 Å². The second-order valence-corrected chi connectivity index (χ2v) is 4.77. The zero-order chi connectivity index (χ0) is 13.9. The van der Waals surface area contributed by atoms with Gasteiger partial charge in [0.15, 0.2) is 0 Å². The van der Waals surface area contributed by atoms with Gasteiger partial charge in [-0.1, -0.05) is 60.2 Å². The lowest BCUT2D eigenvalue weighted by Gasteiger charge is -1.99. The van der Waals surface area contributed by atoms with E-state index in [-0.39, 0.29) is 5.97 Å². The quantitative estimate of drug-likeness (QED) is 0.765. The Bertz CT molecular complexity index is 692. The molecule has 0 saturated heterocycles. The van der Waals surface area contributed by atoms with Crippen LogP contribution in [0.4, 0.5) is 0 Å². The van der Waals surface area contributed by atoms with Gasteiger partial charge >= 0.3 is 5.97 Å². The molecule has 2 aromatic rings. The number of hydrogen-bond acceptors (Lipinski definition) is 2. The lowest BCUT2D eigenvalue weighted by atomic mass is 10.0. The van der Waals surface area contributed by atoms with E-state index >= 15 is 0 Å². The fraction of sp³-hybridized carbons (Fsp3) is 0.0556. The van der Waals surface area contributed by atoms with Gasteiger partial charge in [0.2, 0.25) is 0 Å². The van der Waals surface area contributed by atoms with Crippen molar-refractivity contribution < 1.29 is 9.53 Å². The Hall–Kier alpha value is -2.61. The molecule has 3 rings (SSSR count). The van der Waals surface area contributed by atoms with Crippen LogP contribution in [0.5, 0.6) is 0 Å². The Balaban J connectivity index is 1.93. The number of allylic oxidation sites excluding steroid dienone is 1. The molecular weight excluding hydrogens is 248 g/mol. The topological polar surface area (TPSA) is 26.3 Å². The number of esters is 1. The van der Waals surface area contributed by atoms with E-state index in [9.17, 15) is 4.79 Å². The molecule has 2 aromatic carbocycles. The van der Waals surface area contributed by atoms with Gasteiger partial charge in [-0.2, -0.15) is 0 Å². The molecule has 98 valence electrons. The Labute approximate surface area is 118 Å². The van der Waals surface area contributed by atoms with Gasteiger partial charge in [-0.05, 0) is 30.2 Å².